The Hall–Kier alpha value is -3.56. The molecule has 36 heavy (non-hydrogen) atoms. The predicted molar refractivity (Wildman–Crippen MR) is 109 cm³/mol. The minimum atomic E-state index is -4.90. The number of esters is 4. The highest BCUT2D eigenvalue weighted by molar-refractivity contribution is 7.97. The van der Waals surface area contributed by atoms with Crippen LogP contribution in [0.25, 0.3) is 0 Å². The molecule has 20 heteroatoms. The second kappa shape index (κ2) is 16.2. The number of carboxylic acid groups (broad SMARTS) is 2. The van der Waals surface area contributed by atoms with E-state index >= 15 is 0 Å². The molecule has 0 saturated heterocycles. The molecule has 0 aliphatic heterocycles. The summed E-state index contributed by atoms with van der Waals surface area (Å²) in [5.41, 5.74) is 0. The zero-order valence-electron chi connectivity index (χ0n) is 17.9. The first-order valence-corrected chi connectivity index (χ1v) is 11.9. The molecule has 0 amide bonds. The summed E-state index contributed by atoms with van der Waals surface area (Å²) < 4.78 is 60.5. The van der Waals surface area contributed by atoms with Gasteiger partial charge in [-0.3, -0.25) is 4.55 Å². The van der Waals surface area contributed by atoms with Gasteiger partial charge in [0.05, 0.1) is 5.75 Å². The third kappa shape index (κ3) is 18.8. The van der Waals surface area contributed by atoms with Gasteiger partial charge in [-0.1, -0.05) is 13.3 Å². The zero-order chi connectivity index (χ0) is 28.7. The number of hydrogen-bond acceptors (Lipinski definition) is 15. The lowest BCUT2D eigenvalue weighted by Crippen LogP contribution is -2.42. The Kier molecular flexibility index (Phi) is 15.5. The Bertz CT molecular complexity index is 1040. The number of rotatable bonds is 12. The van der Waals surface area contributed by atoms with E-state index in [2.05, 4.69) is 13.1 Å². The maximum atomic E-state index is 11.2. The molecule has 0 saturated carbocycles. The summed E-state index contributed by atoms with van der Waals surface area (Å²) in [5, 5.41) is 35.0. The normalized spacial score (nSPS) is 13.2. The van der Waals surface area contributed by atoms with Crippen LogP contribution in [-0.4, -0.2) is 95.6 Å². The molecule has 5 N–H and O–H groups in total. The third-order valence-corrected chi connectivity index (χ3v) is 5.15. The Morgan fingerprint density at radius 2 is 1.11 bits per heavy atom. The molecular formula is C16H20O18S2. The summed E-state index contributed by atoms with van der Waals surface area (Å²) in [4.78, 5) is 64.6. The van der Waals surface area contributed by atoms with Crippen molar-refractivity contribution in [2.75, 3.05) is 5.75 Å². The predicted octanol–water partition coefficient (Wildman–Crippen LogP) is -2.93. The van der Waals surface area contributed by atoms with E-state index in [0.29, 0.717) is 30.7 Å². The summed E-state index contributed by atoms with van der Waals surface area (Å²) in [6.07, 6.45) is -3.10. The molecule has 2 atom stereocenters. The standard InChI is InChI=1S/C12H10O12.C4H10O6S2/c13-5(14)1-3-7(17)23-11(21)9(19)10(20)12(22)24-8(18)4-2-6(15)16;1-2-3-4-11(5,6)10-12(7,8)9/h1-4,9-10,19-20H,(H,13,14)(H,15,16);2-4H2,1H3,(H,7,8,9)/b3-1-,4-2-;. The first kappa shape index (κ1) is 34.6. The molecule has 0 aliphatic carbocycles. The van der Waals surface area contributed by atoms with Crippen molar-refractivity contribution < 1.29 is 83.7 Å². The van der Waals surface area contributed by atoms with Crippen molar-refractivity contribution in [1.29, 1.82) is 0 Å². The molecule has 18 nitrogen and oxygen atoms in total. The molecule has 0 fully saturated rings. The fourth-order valence-corrected chi connectivity index (χ4v) is 3.37. The van der Waals surface area contributed by atoms with Crippen LogP contribution in [0.4, 0.5) is 0 Å². The second-order valence-electron chi connectivity index (χ2n) is 5.82. The third-order valence-electron chi connectivity index (χ3n) is 2.85. The second-order valence-corrected chi connectivity index (χ2v) is 8.75. The molecule has 0 rings (SSSR count). The molecular weight excluding hydrogens is 544 g/mol. The van der Waals surface area contributed by atoms with Crippen LogP contribution in [0.1, 0.15) is 19.8 Å². The van der Waals surface area contributed by atoms with Crippen LogP contribution >= 0.6 is 0 Å². The van der Waals surface area contributed by atoms with Crippen molar-refractivity contribution in [2.45, 2.75) is 32.0 Å². The van der Waals surface area contributed by atoms with E-state index in [0.717, 1.165) is 0 Å². The Balaban J connectivity index is 0. The monoisotopic (exact) mass is 564 g/mol. The summed E-state index contributed by atoms with van der Waals surface area (Å²) in [5.74, 6) is -10.2. The zero-order valence-corrected chi connectivity index (χ0v) is 19.6. The van der Waals surface area contributed by atoms with Crippen LogP contribution in [0.2, 0.25) is 0 Å². The van der Waals surface area contributed by atoms with Gasteiger partial charge in [0.15, 0.2) is 12.2 Å². The maximum absolute atomic E-state index is 11.2. The number of aliphatic carboxylic acids is 2. The highest BCUT2D eigenvalue weighted by Crippen LogP contribution is 2.03. The van der Waals surface area contributed by atoms with Gasteiger partial charge in [0, 0.05) is 24.3 Å². The first-order chi connectivity index (χ1) is 16.3. The molecule has 0 radical (unpaired) electrons. The van der Waals surface area contributed by atoms with Crippen LogP contribution in [0, 0.1) is 0 Å². The maximum Gasteiger partial charge on any atom is 0.412 e. The van der Waals surface area contributed by atoms with Gasteiger partial charge in [0.2, 0.25) is 0 Å². The number of unbranched alkanes of at least 4 members (excludes halogenated alkanes) is 1. The van der Waals surface area contributed by atoms with Gasteiger partial charge < -0.3 is 29.9 Å². The van der Waals surface area contributed by atoms with Gasteiger partial charge in [-0.15, -0.1) is 3.63 Å². The highest BCUT2D eigenvalue weighted by Gasteiger charge is 2.34. The van der Waals surface area contributed by atoms with Gasteiger partial charge in [-0.25, -0.2) is 28.8 Å². The number of hydrogen-bond donors (Lipinski definition) is 5. The molecule has 204 valence electrons. The number of aliphatic hydroxyl groups is 2. The van der Waals surface area contributed by atoms with Gasteiger partial charge in [-0.05, 0) is 6.42 Å². The van der Waals surface area contributed by atoms with Crippen molar-refractivity contribution in [1.82, 2.24) is 0 Å². The van der Waals surface area contributed by atoms with E-state index in [9.17, 15) is 55.8 Å². The Morgan fingerprint density at radius 1 is 0.750 bits per heavy atom. The average Bonchev–Trinajstić information content (AvgIpc) is 2.72. The van der Waals surface area contributed by atoms with E-state index in [1.807, 2.05) is 0 Å². The fourth-order valence-electron chi connectivity index (χ4n) is 1.41. The molecule has 0 aromatic carbocycles. The quantitative estimate of drug-likeness (QED) is 0.0685. The summed E-state index contributed by atoms with van der Waals surface area (Å²) >= 11 is 0. The van der Waals surface area contributed by atoms with Crippen LogP contribution in [-0.2, 0) is 62.4 Å². The number of carbonyl (C=O) groups is 6. The van der Waals surface area contributed by atoms with E-state index in [-0.39, 0.29) is 6.42 Å². The van der Waals surface area contributed by atoms with Crippen LogP contribution in [0.15, 0.2) is 24.3 Å². The van der Waals surface area contributed by atoms with Gasteiger partial charge in [0.25, 0.3) is 10.1 Å². The van der Waals surface area contributed by atoms with Crippen molar-refractivity contribution in [3.63, 3.8) is 0 Å². The van der Waals surface area contributed by atoms with Gasteiger partial charge in [-0.2, -0.15) is 16.8 Å². The van der Waals surface area contributed by atoms with Gasteiger partial charge >= 0.3 is 46.2 Å². The van der Waals surface area contributed by atoms with Crippen molar-refractivity contribution in [3.05, 3.63) is 24.3 Å². The lowest BCUT2D eigenvalue weighted by Gasteiger charge is -2.13. The number of ether oxygens (including phenoxy) is 2. The molecule has 0 aromatic rings. The number of carboxylic acids is 2. The molecule has 0 heterocycles. The van der Waals surface area contributed by atoms with Crippen molar-refractivity contribution >= 4 is 56.3 Å². The topological polar surface area (TPSA) is 300 Å². The fraction of sp³-hybridized carbons (Fsp3) is 0.375. The lowest BCUT2D eigenvalue weighted by atomic mass is 10.2. The molecule has 0 bridgehead atoms. The lowest BCUT2D eigenvalue weighted by molar-refractivity contribution is -0.178. The highest BCUT2D eigenvalue weighted by atomic mass is 32.3. The Morgan fingerprint density at radius 3 is 1.39 bits per heavy atom. The minimum absolute atomic E-state index is 0.290. The van der Waals surface area contributed by atoms with E-state index in [1.54, 1.807) is 6.92 Å². The van der Waals surface area contributed by atoms with E-state index in [4.69, 9.17) is 14.8 Å². The van der Waals surface area contributed by atoms with Crippen LogP contribution < -0.4 is 0 Å². The van der Waals surface area contributed by atoms with Gasteiger partial charge in [0.1, 0.15) is 0 Å². The van der Waals surface area contributed by atoms with Crippen LogP contribution in [0.3, 0.4) is 0 Å². The number of carbonyl (C=O) groups excluding carboxylic acids is 4. The average molecular weight is 564 g/mol. The van der Waals surface area contributed by atoms with E-state index < -0.39 is 74.3 Å². The smallest absolute Gasteiger partial charge is 0.412 e. The first-order valence-electron chi connectivity index (χ1n) is 8.92. The molecule has 0 aromatic heterocycles. The Labute approximate surface area is 202 Å². The summed E-state index contributed by atoms with van der Waals surface area (Å²) in [6, 6.07) is 0. The minimum Gasteiger partial charge on any atom is -0.478 e. The molecule has 0 aliphatic rings. The van der Waals surface area contributed by atoms with E-state index in [1.165, 1.54) is 0 Å². The SMILES string of the molecule is CCCCS(=O)(=O)OS(=O)(=O)O.O=C(O)/C=C\C(=O)OC(=O)C(O)C(O)C(=O)OC(=O)/C=C\C(=O)O. The summed E-state index contributed by atoms with van der Waals surface area (Å²) in [6.45, 7) is 1.74. The number of aliphatic hydroxyl groups excluding tert-OH is 2. The van der Waals surface area contributed by atoms with Crippen molar-refractivity contribution in [3.8, 4) is 0 Å². The molecule has 2 unspecified atom stereocenters. The van der Waals surface area contributed by atoms with Crippen LogP contribution in [0.5, 0.6) is 0 Å². The molecule has 0 spiro atoms. The largest absolute Gasteiger partial charge is 0.478 e. The summed E-state index contributed by atoms with van der Waals surface area (Å²) in [7, 11) is -9.04. The van der Waals surface area contributed by atoms with Crippen molar-refractivity contribution in [2.24, 2.45) is 0 Å².